The van der Waals surface area contributed by atoms with E-state index in [1.807, 2.05) is 0 Å². The molecular formula is C20H20F3NO3S2. The number of alkyl halides is 3. The van der Waals surface area contributed by atoms with Crippen molar-refractivity contribution in [3.63, 3.8) is 0 Å². The lowest BCUT2D eigenvalue weighted by molar-refractivity contribution is -0.139. The summed E-state index contributed by atoms with van der Waals surface area (Å²) in [6.45, 7) is 1.17. The van der Waals surface area contributed by atoms with Crippen LogP contribution in [0.15, 0.2) is 63.2 Å². The highest BCUT2D eigenvalue weighted by Crippen LogP contribution is 2.39. The smallest absolute Gasteiger partial charge is 0.345 e. The zero-order valence-corrected chi connectivity index (χ0v) is 17.1. The number of halogens is 3. The van der Waals surface area contributed by atoms with E-state index in [4.69, 9.17) is 0 Å². The van der Waals surface area contributed by atoms with Crippen molar-refractivity contribution in [2.75, 3.05) is 18.8 Å². The van der Waals surface area contributed by atoms with Gasteiger partial charge < -0.3 is 4.90 Å². The molecule has 0 atom stereocenters. The van der Waals surface area contributed by atoms with Gasteiger partial charge in [-0.1, -0.05) is 18.2 Å². The van der Waals surface area contributed by atoms with Crippen LogP contribution in [0, 0.1) is 5.92 Å². The van der Waals surface area contributed by atoms with Crippen LogP contribution in [0.25, 0.3) is 0 Å². The number of amides is 1. The van der Waals surface area contributed by atoms with Crippen molar-refractivity contribution in [1.29, 1.82) is 0 Å². The van der Waals surface area contributed by atoms with Crippen LogP contribution < -0.4 is 0 Å². The predicted molar refractivity (Wildman–Crippen MR) is 104 cm³/mol. The minimum Gasteiger partial charge on any atom is -0.345 e. The van der Waals surface area contributed by atoms with Crippen LogP contribution in [-0.2, 0) is 20.8 Å². The second-order valence-corrected chi connectivity index (χ2v) is 9.88. The average Bonchev–Trinajstić information content (AvgIpc) is 2.72. The molecule has 1 aliphatic rings. The van der Waals surface area contributed by atoms with Crippen LogP contribution in [0.3, 0.4) is 0 Å². The Morgan fingerprint density at radius 3 is 2.28 bits per heavy atom. The first-order valence-electron chi connectivity index (χ1n) is 9.05. The van der Waals surface area contributed by atoms with Gasteiger partial charge in [-0.3, -0.25) is 4.79 Å². The summed E-state index contributed by atoms with van der Waals surface area (Å²) in [4.78, 5) is 12.2. The Kier molecular flexibility index (Phi) is 6.58. The number of hydrogen-bond donors (Lipinski definition) is 0. The topological polar surface area (TPSA) is 54.5 Å². The summed E-state index contributed by atoms with van der Waals surface area (Å²) in [6, 6.07) is 10.6. The molecule has 1 amide bonds. The number of likely N-dealkylation sites (tertiary alicyclic amines) is 1. The molecule has 0 unspecified atom stereocenters. The third kappa shape index (κ3) is 5.14. The fourth-order valence-corrected chi connectivity index (χ4v) is 5.87. The molecule has 1 fully saturated rings. The lowest BCUT2D eigenvalue weighted by Gasteiger charge is -2.29. The first kappa shape index (κ1) is 21.7. The molecule has 0 radical (unpaired) electrons. The second-order valence-electron chi connectivity index (χ2n) is 6.87. The van der Waals surface area contributed by atoms with Gasteiger partial charge in [0, 0.05) is 23.7 Å². The van der Waals surface area contributed by atoms with Crippen LogP contribution >= 0.6 is 11.8 Å². The highest BCUT2D eigenvalue weighted by atomic mass is 32.2. The van der Waals surface area contributed by atoms with Gasteiger partial charge in [0.25, 0.3) is 0 Å². The highest BCUT2D eigenvalue weighted by Gasteiger charge is 2.35. The lowest BCUT2D eigenvalue weighted by atomic mass is 9.99. The van der Waals surface area contributed by atoms with Gasteiger partial charge in [0.1, 0.15) is 0 Å². The molecule has 3 rings (SSSR count). The summed E-state index contributed by atoms with van der Waals surface area (Å²) in [5, 5.41) is 0. The van der Waals surface area contributed by atoms with Gasteiger partial charge in [-0.25, -0.2) is 8.42 Å². The predicted octanol–water partition coefficient (Wildman–Crippen LogP) is 4.50. The Morgan fingerprint density at radius 2 is 1.69 bits per heavy atom. The number of carbonyl (C=O) groups is 1. The zero-order valence-electron chi connectivity index (χ0n) is 15.4. The van der Waals surface area contributed by atoms with Gasteiger partial charge in [0.2, 0.25) is 16.2 Å². The van der Waals surface area contributed by atoms with Gasteiger partial charge in [0.15, 0.2) is 0 Å². The molecule has 2 aromatic carbocycles. The summed E-state index contributed by atoms with van der Waals surface area (Å²) in [7, 11) is -3.90. The summed E-state index contributed by atoms with van der Waals surface area (Å²) < 4.78 is 65.9. The lowest BCUT2D eigenvalue weighted by Crippen LogP contribution is -2.33. The summed E-state index contributed by atoms with van der Waals surface area (Å²) in [6.07, 6.45) is -2.36. The average molecular weight is 444 g/mol. The summed E-state index contributed by atoms with van der Waals surface area (Å²) >= 11 is 1.02. The van der Waals surface area contributed by atoms with Crippen molar-refractivity contribution in [2.24, 2.45) is 5.92 Å². The van der Waals surface area contributed by atoms with Gasteiger partial charge in [-0.15, -0.1) is 11.8 Å². The highest BCUT2D eigenvalue weighted by molar-refractivity contribution is 7.99. The third-order valence-corrected chi connectivity index (χ3v) is 7.95. The summed E-state index contributed by atoms with van der Waals surface area (Å²) in [5.41, 5.74) is -0.833. The number of sulfone groups is 1. The van der Waals surface area contributed by atoms with Crippen molar-refractivity contribution in [1.82, 2.24) is 4.90 Å². The van der Waals surface area contributed by atoms with Crippen LogP contribution in [-0.4, -0.2) is 38.6 Å². The molecular weight excluding hydrogens is 423 g/mol. The molecule has 156 valence electrons. The maximum atomic E-state index is 13.5. The van der Waals surface area contributed by atoms with Crippen molar-refractivity contribution < 1.29 is 26.4 Å². The van der Waals surface area contributed by atoms with Crippen LogP contribution in [0.5, 0.6) is 0 Å². The van der Waals surface area contributed by atoms with Crippen LogP contribution in [0.4, 0.5) is 13.2 Å². The van der Waals surface area contributed by atoms with Crippen molar-refractivity contribution in [2.45, 2.75) is 33.7 Å². The number of carbonyl (C=O) groups excluding carboxylic acids is 1. The fraction of sp³-hybridized carbons (Fsp3) is 0.350. The van der Waals surface area contributed by atoms with Gasteiger partial charge in [-0.05, 0) is 49.1 Å². The molecule has 0 N–H and O–H groups in total. The Hall–Kier alpha value is -2.00. The first-order chi connectivity index (χ1) is 13.7. The maximum absolute atomic E-state index is 13.5. The second kappa shape index (κ2) is 8.79. The Morgan fingerprint density at radius 1 is 1.03 bits per heavy atom. The maximum Gasteiger partial charge on any atom is 0.417 e. The van der Waals surface area contributed by atoms with E-state index in [1.165, 1.54) is 12.1 Å². The standard InChI is InChI=1S/C20H20F3NO3S2/c21-20(22,23)18-7-6-17(29(26,27)16-4-2-1-3-5-16)12-19(18)28-13-15-8-10-24(14-25)11-9-15/h1-7,12,14-15H,8-11,13H2. The molecule has 0 saturated carbocycles. The third-order valence-electron chi connectivity index (χ3n) is 4.90. The van der Waals surface area contributed by atoms with E-state index in [1.54, 1.807) is 23.1 Å². The molecule has 29 heavy (non-hydrogen) atoms. The van der Waals surface area contributed by atoms with E-state index in [-0.39, 0.29) is 20.6 Å². The van der Waals surface area contributed by atoms with E-state index in [0.29, 0.717) is 18.8 Å². The minimum atomic E-state index is -4.57. The quantitative estimate of drug-likeness (QED) is 0.487. The van der Waals surface area contributed by atoms with Crippen molar-refractivity contribution >= 4 is 28.0 Å². The van der Waals surface area contributed by atoms with Crippen LogP contribution in [0.1, 0.15) is 18.4 Å². The molecule has 1 aliphatic heterocycles. The van der Waals surface area contributed by atoms with E-state index in [0.717, 1.165) is 49.2 Å². The zero-order chi connectivity index (χ0) is 21.1. The Balaban J connectivity index is 1.86. The largest absolute Gasteiger partial charge is 0.417 e. The number of nitrogens with zero attached hydrogens (tertiary/aromatic N) is 1. The number of piperidine rings is 1. The van der Waals surface area contributed by atoms with Crippen molar-refractivity contribution in [3.05, 3.63) is 54.1 Å². The van der Waals surface area contributed by atoms with Gasteiger partial charge in [0.05, 0.1) is 15.4 Å². The van der Waals surface area contributed by atoms with Crippen LogP contribution in [0.2, 0.25) is 0 Å². The summed E-state index contributed by atoms with van der Waals surface area (Å²) in [5.74, 6) is 0.608. The SMILES string of the molecule is O=CN1CCC(CSc2cc(S(=O)(=O)c3ccccc3)ccc2C(F)(F)F)CC1. The number of rotatable bonds is 6. The molecule has 0 aromatic heterocycles. The van der Waals surface area contributed by atoms with E-state index < -0.39 is 21.6 Å². The molecule has 1 saturated heterocycles. The Labute approximate surface area is 172 Å². The molecule has 0 aliphatic carbocycles. The number of thioether (sulfide) groups is 1. The minimum absolute atomic E-state index is 0.0388. The fourth-order valence-electron chi connectivity index (χ4n) is 3.19. The Bertz CT molecular complexity index is 955. The van der Waals surface area contributed by atoms with E-state index in [9.17, 15) is 26.4 Å². The van der Waals surface area contributed by atoms with Crippen molar-refractivity contribution in [3.8, 4) is 0 Å². The molecule has 9 heteroatoms. The molecule has 4 nitrogen and oxygen atoms in total. The molecule has 0 bridgehead atoms. The molecule has 0 spiro atoms. The van der Waals surface area contributed by atoms with Gasteiger partial charge >= 0.3 is 6.18 Å². The first-order valence-corrected chi connectivity index (χ1v) is 11.5. The van der Waals surface area contributed by atoms with E-state index >= 15 is 0 Å². The van der Waals surface area contributed by atoms with E-state index in [2.05, 4.69) is 0 Å². The number of benzene rings is 2. The molecule has 1 heterocycles. The normalized spacial score (nSPS) is 16.0. The monoisotopic (exact) mass is 443 g/mol. The number of hydrogen-bond acceptors (Lipinski definition) is 4. The van der Waals surface area contributed by atoms with Gasteiger partial charge in [-0.2, -0.15) is 13.2 Å². The molecule has 2 aromatic rings.